The van der Waals surface area contributed by atoms with Gasteiger partial charge >= 0.3 is 0 Å². The number of likely N-dealkylation sites (N-methyl/N-ethyl adjacent to an activating group) is 1. The van der Waals surface area contributed by atoms with E-state index >= 15 is 0 Å². The van der Waals surface area contributed by atoms with Gasteiger partial charge in [0, 0.05) is 12.7 Å². The zero-order valence-electron chi connectivity index (χ0n) is 10.1. The number of anilines is 3. The minimum absolute atomic E-state index is 0.551. The molecule has 5 heteroatoms. The van der Waals surface area contributed by atoms with E-state index in [0.717, 1.165) is 17.9 Å². The Balaban J connectivity index is 1.86. The SMILES string of the molecule is CN1CCOc2nc(Nc3ccccc3)ncc21. The van der Waals surface area contributed by atoms with Crippen LogP contribution in [0.25, 0.3) is 0 Å². The van der Waals surface area contributed by atoms with Crippen LogP contribution >= 0.6 is 0 Å². The normalized spacial score (nSPS) is 13.7. The molecule has 0 radical (unpaired) electrons. The molecule has 0 saturated carbocycles. The number of para-hydroxylation sites is 1. The second kappa shape index (κ2) is 4.52. The average Bonchev–Trinajstić information content (AvgIpc) is 2.40. The second-order valence-corrected chi connectivity index (χ2v) is 4.15. The fraction of sp³-hybridized carbons (Fsp3) is 0.231. The van der Waals surface area contributed by atoms with Crippen LogP contribution in [0, 0.1) is 0 Å². The smallest absolute Gasteiger partial charge is 0.242 e. The second-order valence-electron chi connectivity index (χ2n) is 4.15. The maximum absolute atomic E-state index is 5.54. The van der Waals surface area contributed by atoms with Crippen LogP contribution in [0.1, 0.15) is 0 Å². The average molecular weight is 242 g/mol. The van der Waals surface area contributed by atoms with Crippen molar-refractivity contribution < 1.29 is 4.74 Å². The molecule has 0 aliphatic carbocycles. The summed E-state index contributed by atoms with van der Waals surface area (Å²) in [4.78, 5) is 10.8. The van der Waals surface area contributed by atoms with Crippen molar-refractivity contribution in [1.82, 2.24) is 9.97 Å². The lowest BCUT2D eigenvalue weighted by Gasteiger charge is -2.26. The lowest BCUT2D eigenvalue weighted by Crippen LogP contribution is -2.29. The van der Waals surface area contributed by atoms with Crippen LogP contribution in [0.3, 0.4) is 0 Å². The number of hydrogen-bond acceptors (Lipinski definition) is 5. The predicted molar refractivity (Wildman–Crippen MR) is 70.5 cm³/mol. The summed E-state index contributed by atoms with van der Waals surface area (Å²) in [6.07, 6.45) is 1.78. The van der Waals surface area contributed by atoms with Crippen LogP contribution in [-0.4, -0.2) is 30.2 Å². The number of ether oxygens (including phenoxy) is 1. The maximum atomic E-state index is 5.54. The molecule has 0 bridgehead atoms. The molecular formula is C13H14N4O. The van der Waals surface area contributed by atoms with Gasteiger partial charge in [0.15, 0.2) is 0 Å². The Morgan fingerprint density at radius 1 is 1.28 bits per heavy atom. The first kappa shape index (κ1) is 10.8. The molecule has 0 spiro atoms. The van der Waals surface area contributed by atoms with E-state index < -0.39 is 0 Å². The minimum Gasteiger partial charge on any atom is -0.474 e. The highest BCUT2D eigenvalue weighted by Gasteiger charge is 2.17. The van der Waals surface area contributed by atoms with E-state index in [9.17, 15) is 0 Å². The molecule has 18 heavy (non-hydrogen) atoms. The van der Waals surface area contributed by atoms with Crippen molar-refractivity contribution in [3.63, 3.8) is 0 Å². The summed E-state index contributed by atoms with van der Waals surface area (Å²) in [5.74, 6) is 1.19. The number of nitrogens with zero attached hydrogens (tertiary/aromatic N) is 3. The van der Waals surface area contributed by atoms with Crippen molar-refractivity contribution >= 4 is 17.3 Å². The van der Waals surface area contributed by atoms with Crippen molar-refractivity contribution in [2.24, 2.45) is 0 Å². The van der Waals surface area contributed by atoms with Gasteiger partial charge in [-0.2, -0.15) is 4.98 Å². The molecule has 1 N–H and O–H groups in total. The van der Waals surface area contributed by atoms with E-state index in [2.05, 4.69) is 20.2 Å². The van der Waals surface area contributed by atoms with Gasteiger partial charge in [-0.05, 0) is 12.1 Å². The van der Waals surface area contributed by atoms with E-state index in [1.165, 1.54) is 0 Å². The summed E-state index contributed by atoms with van der Waals surface area (Å²) < 4.78 is 5.54. The van der Waals surface area contributed by atoms with Gasteiger partial charge < -0.3 is 15.0 Å². The first-order valence-corrected chi connectivity index (χ1v) is 5.86. The van der Waals surface area contributed by atoms with E-state index in [1.54, 1.807) is 6.20 Å². The fourth-order valence-corrected chi connectivity index (χ4v) is 1.84. The van der Waals surface area contributed by atoms with Crippen molar-refractivity contribution in [3.8, 4) is 5.88 Å². The zero-order valence-corrected chi connectivity index (χ0v) is 10.1. The molecule has 0 atom stereocenters. The number of benzene rings is 1. The number of fused-ring (bicyclic) bond motifs is 1. The predicted octanol–water partition coefficient (Wildman–Crippen LogP) is 2.05. The largest absolute Gasteiger partial charge is 0.474 e. The quantitative estimate of drug-likeness (QED) is 0.873. The van der Waals surface area contributed by atoms with Crippen molar-refractivity contribution in [2.45, 2.75) is 0 Å². The van der Waals surface area contributed by atoms with Gasteiger partial charge in [0.05, 0.1) is 12.7 Å². The lowest BCUT2D eigenvalue weighted by molar-refractivity contribution is 0.298. The molecule has 0 amide bonds. The van der Waals surface area contributed by atoms with Crippen LogP contribution in [0.4, 0.5) is 17.3 Å². The van der Waals surface area contributed by atoms with E-state index in [4.69, 9.17) is 4.74 Å². The third kappa shape index (κ3) is 2.07. The van der Waals surface area contributed by atoms with Crippen molar-refractivity contribution in [1.29, 1.82) is 0 Å². The van der Waals surface area contributed by atoms with Crippen LogP contribution in [-0.2, 0) is 0 Å². The van der Waals surface area contributed by atoms with Crippen LogP contribution < -0.4 is 15.0 Å². The molecule has 0 unspecified atom stereocenters. The molecule has 2 heterocycles. The molecule has 1 aromatic carbocycles. The van der Waals surface area contributed by atoms with Gasteiger partial charge in [0.25, 0.3) is 0 Å². The molecule has 5 nitrogen and oxygen atoms in total. The van der Waals surface area contributed by atoms with Gasteiger partial charge in [-0.15, -0.1) is 0 Å². The third-order valence-corrected chi connectivity index (χ3v) is 2.84. The van der Waals surface area contributed by atoms with Gasteiger partial charge in [0.2, 0.25) is 11.8 Å². The minimum atomic E-state index is 0.551. The Labute approximate surface area is 105 Å². The van der Waals surface area contributed by atoms with Crippen molar-refractivity contribution in [3.05, 3.63) is 36.5 Å². The number of hydrogen-bond donors (Lipinski definition) is 1. The first-order chi connectivity index (χ1) is 8.83. The van der Waals surface area contributed by atoms with Crippen LogP contribution in [0.15, 0.2) is 36.5 Å². The molecule has 1 aliphatic rings. The molecule has 1 aliphatic heterocycles. The highest BCUT2D eigenvalue weighted by molar-refractivity contribution is 5.59. The monoisotopic (exact) mass is 242 g/mol. The van der Waals surface area contributed by atoms with Crippen LogP contribution in [0.2, 0.25) is 0 Å². The number of aromatic nitrogens is 2. The summed E-state index contributed by atoms with van der Waals surface area (Å²) in [5.41, 5.74) is 1.89. The third-order valence-electron chi connectivity index (χ3n) is 2.84. The molecular weight excluding hydrogens is 228 g/mol. The lowest BCUT2D eigenvalue weighted by atomic mass is 10.3. The summed E-state index contributed by atoms with van der Waals surface area (Å²) in [5, 5.41) is 3.15. The Morgan fingerprint density at radius 2 is 2.11 bits per heavy atom. The Bertz CT molecular complexity index is 544. The summed E-state index contributed by atoms with van der Waals surface area (Å²) in [6, 6.07) is 9.83. The van der Waals surface area contributed by atoms with Crippen LogP contribution in [0.5, 0.6) is 5.88 Å². The Hall–Kier alpha value is -2.30. The van der Waals surface area contributed by atoms with E-state index in [0.29, 0.717) is 18.4 Å². The Morgan fingerprint density at radius 3 is 2.94 bits per heavy atom. The molecule has 3 rings (SSSR count). The standard InChI is InChI=1S/C13H14N4O/c1-17-7-8-18-12-11(17)9-14-13(16-12)15-10-5-3-2-4-6-10/h2-6,9H,7-8H2,1H3,(H,14,15,16). The highest BCUT2D eigenvalue weighted by Crippen LogP contribution is 2.28. The van der Waals surface area contributed by atoms with E-state index in [-0.39, 0.29) is 0 Å². The molecule has 0 fully saturated rings. The van der Waals surface area contributed by atoms with Gasteiger partial charge in [0.1, 0.15) is 12.3 Å². The summed E-state index contributed by atoms with van der Waals surface area (Å²) in [7, 11) is 2.01. The molecule has 1 aromatic heterocycles. The van der Waals surface area contributed by atoms with Crippen molar-refractivity contribution in [2.75, 3.05) is 30.4 Å². The Kier molecular flexibility index (Phi) is 2.72. The highest BCUT2D eigenvalue weighted by atomic mass is 16.5. The summed E-state index contributed by atoms with van der Waals surface area (Å²) in [6.45, 7) is 1.52. The van der Waals surface area contributed by atoms with Gasteiger partial charge in [-0.3, -0.25) is 0 Å². The first-order valence-electron chi connectivity index (χ1n) is 5.86. The van der Waals surface area contributed by atoms with Gasteiger partial charge in [-0.25, -0.2) is 4.98 Å². The number of rotatable bonds is 2. The number of nitrogens with one attached hydrogen (secondary N) is 1. The molecule has 92 valence electrons. The maximum Gasteiger partial charge on any atom is 0.242 e. The summed E-state index contributed by atoms with van der Waals surface area (Å²) >= 11 is 0. The zero-order chi connectivity index (χ0) is 12.4. The van der Waals surface area contributed by atoms with Gasteiger partial charge in [-0.1, -0.05) is 18.2 Å². The molecule has 2 aromatic rings. The molecule has 0 saturated heterocycles. The fourth-order valence-electron chi connectivity index (χ4n) is 1.84. The topological polar surface area (TPSA) is 50.3 Å². The van der Waals surface area contributed by atoms with E-state index in [1.807, 2.05) is 37.4 Å².